The van der Waals surface area contributed by atoms with Crippen LogP contribution in [0.15, 0.2) is 0 Å². The van der Waals surface area contributed by atoms with E-state index < -0.39 is 0 Å². The summed E-state index contributed by atoms with van der Waals surface area (Å²) < 4.78 is 0. The number of hydrogen-bond donors (Lipinski definition) is 3. The summed E-state index contributed by atoms with van der Waals surface area (Å²) >= 11 is 0. The van der Waals surface area contributed by atoms with Crippen LogP contribution >= 0.6 is 0 Å². The summed E-state index contributed by atoms with van der Waals surface area (Å²) in [5, 5.41) is 3.60. The predicted molar refractivity (Wildman–Crippen MR) is 105 cm³/mol. The van der Waals surface area contributed by atoms with Crippen LogP contribution in [0, 0.1) is 0 Å². The van der Waals surface area contributed by atoms with Crippen LogP contribution in [0.1, 0.15) is 103 Å². The molecule has 0 rings (SSSR count). The van der Waals surface area contributed by atoms with Crippen LogP contribution in [0.2, 0.25) is 0 Å². The fraction of sp³-hybridized carbons (Fsp3) is 1.00. The van der Waals surface area contributed by atoms with Crippen molar-refractivity contribution in [2.24, 2.45) is 11.5 Å². The Morgan fingerprint density at radius 2 is 0.609 bits per heavy atom. The Balaban J connectivity index is 2.92. The molecule has 0 fully saturated rings. The molecule has 0 atom stereocenters. The van der Waals surface area contributed by atoms with Crippen molar-refractivity contribution in [2.75, 3.05) is 26.2 Å². The maximum Gasteiger partial charge on any atom is -0.00489 e. The van der Waals surface area contributed by atoms with Crippen molar-refractivity contribution in [3.8, 4) is 0 Å². The number of nitrogens with one attached hydrogen (secondary N) is 1. The predicted octanol–water partition coefficient (Wildman–Crippen LogP) is 4.74. The zero-order chi connectivity index (χ0) is 16.8. The first-order valence-corrected chi connectivity index (χ1v) is 10.5. The third-order valence-corrected chi connectivity index (χ3v) is 4.62. The molecule has 0 saturated carbocycles. The Morgan fingerprint density at radius 3 is 0.913 bits per heavy atom. The normalized spacial score (nSPS) is 11.2. The van der Waals surface area contributed by atoms with Gasteiger partial charge in [-0.2, -0.15) is 0 Å². The molecule has 3 nitrogen and oxygen atoms in total. The lowest BCUT2D eigenvalue weighted by Crippen LogP contribution is -2.16. The molecule has 0 aliphatic carbocycles. The summed E-state index contributed by atoms with van der Waals surface area (Å²) in [4.78, 5) is 0. The van der Waals surface area contributed by atoms with E-state index in [1.54, 1.807) is 0 Å². The molecule has 0 saturated heterocycles. The fourth-order valence-corrected chi connectivity index (χ4v) is 3.03. The van der Waals surface area contributed by atoms with Gasteiger partial charge in [0, 0.05) is 0 Å². The first kappa shape index (κ1) is 22.9. The number of hydrogen-bond acceptors (Lipinski definition) is 3. The van der Waals surface area contributed by atoms with Gasteiger partial charge in [-0.25, -0.2) is 0 Å². The molecule has 0 aromatic rings. The van der Waals surface area contributed by atoms with E-state index >= 15 is 0 Å². The summed E-state index contributed by atoms with van der Waals surface area (Å²) in [7, 11) is 0. The topological polar surface area (TPSA) is 64.1 Å². The molecule has 0 aromatic heterocycles. The van der Waals surface area contributed by atoms with Gasteiger partial charge in [0.05, 0.1) is 0 Å². The lowest BCUT2D eigenvalue weighted by atomic mass is 10.1. The van der Waals surface area contributed by atoms with Crippen LogP contribution in [0.25, 0.3) is 0 Å². The van der Waals surface area contributed by atoms with Gasteiger partial charge in [-0.3, -0.25) is 0 Å². The second-order valence-electron chi connectivity index (χ2n) is 6.98. The molecule has 0 bridgehead atoms. The van der Waals surface area contributed by atoms with Crippen molar-refractivity contribution in [2.45, 2.75) is 103 Å². The molecule has 0 amide bonds. The SMILES string of the molecule is NCCCCCCCCCCNCCCCCCCCCCN. The van der Waals surface area contributed by atoms with Crippen LogP contribution in [-0.4, -0.2) is 26.2 Å². The zero-order valence-electron chi connectivity index (χ0n) is 15.8. The summed E-state index contributed by atoms with van der Waals surface area (Å²) in [6.07, 6.45) is 21.8. The Kier molecular flexibility index (Phi) is 21.8. The van der Waals surface area contributed by atoms with Gasteiger partial charge in [0.1, 0.15) is 0 Å². The maximum atomic E-state index is 5.49. The molecule has 5 N–H and O–H groups in total. The van der Waals surface area contributed by atoms with Crippen LogP contribution < -0.4 is 16.8 Å². The molecule has 0 heterocycles. The first-order chi connectivity index (χ1) is 11.4. The molecule has 140 valence electrons. The van der Waals surface area contributed by atoms with Crippen LogP contribution in [0.4, 0.5) is 0 Å². The molecule has 0 spiro atoms. The van der Waals surface area contributed by atoms with Crippen molar-refractivity contribution in [1.29, 1.82) is 0 Å². The Morgan fingerprint density at radius 1 is 0.348 bits per heavy atom. The first-order valence-electron chi connectivity index (χ1n) is 10.5. The molecule has 0 radical (unpaired) electrons. The van der Waals surface area contributed by atoms with Crippen molar-refractivity contribution >= 4 is 0 Å². The minimum absolute atomic E-state index is 0.862. The second kappa shape index (κ2) is 21.9. The quantitative estimate of drug-likeness (QED) is 0.283. The van der Waals surface area contributed by atoms with E-state index in [9.17, 15) is 0 Å². The third kappa shape index (κ3) is 21.9. The van der Waals surface area contributed by atoms with E-state index in [2.05, 4.69) is 5.32 Å². The maximum absolute atomic E-state index is 5.49. The monoisotopic (exact) mass is 327 g/mol. The van der Waals surface area contributed by atoms with Gasteiger partial charge in [0.2, 0.25) is 0 Å². The molecule has 0 aromatic carbocycles. The minimum Gasteiger partial charge on any atom is -0.330 e. The van der Waals surface area contributed by atoms with Gasteiger partial charge in [-0.05, 0) is 51.9 Å². The molecule has 0 aliphatic heterocycles. The van der Waals surface area contributed by atoms with Crippen LogP contribution in [0.3, 0.4) is 0 Å². The molecular formula is C20H45N3. The average Bonchev–Trinajstić information content (AvgIpc) is 2.57. The van der Waals surface area contributed by atoms with E-state index in [-0.39, 0.29) is 0 Å². The highest BCUT2D eigenvalue weighted by atomic mass is 14.8. The Hall–Kier alpha value is -0.120. The van der Waals surface area contributed by atoms with E-state index in [0.29, 0.717) is 0 Å². The van der Waals surface area contributed by atoms with Crippen LogP contribution in [-0.2, 0) is 0 Å². The zero-order valence-corrected chi connectivity index (χ0v) is 15.8. The van der Waals surface area contributed by atoms with E-state index in [4.69, 9.17) is 11.5 Å². The molecule has 0 aliphatic rings. The van der Waals surface area contributed by atoms with E-state index in [1.807, 2.05) is 0 Å². The molecular weight excluding hydrogens is 282 g/mol. The fourth-order valence-electron chi connectivity index (χ4n) is 3.03. The summed E-state index contributed by atoms with van der Waals surface area (Å²) in [6, 6.07) is 0. The van der Waals surface area contributed by atoms with Gasteiger partial charge >= 0.3 is 0 Å². The molecule has 3 heteroatoms. The largest absolute Gasteiger partial charge is 0.330 e. The standard InChI is InChI=1S/C20H45N3/c21-17-13-9-5-1-3-7-11-15-19-23-20-16-12-8-4-2-6-10-14-18-22/h23H,1-22H2. The highest BCUT2D eigenvalue weighted by Gasteiger charge is 1.94. The highest BCUT2D eigenvalue weighted by Crippen LogP contribution is 2.09. The van der Waals surface area contributed by atoms with Gasteiger partial charge in [-0.15, -0.1) is 0 Å². The van der Waals surface area contributed by atoms with Gasteiger partial charge in [-0.1, -0.05) is 77.0 Å². The number of unbranched alkanes of at least 4 members (excludes halogenated alkanes) is 14. The minimum atomic E-state index is 0.862. The van der Waals surface area contributed by atoms with Gasteiger partial charge < -0.3 is 16.8 Å². The van der Waals surface area contributed by atoms with Crippen molar-refractivity contribution in [3.05, 3.63) is 0 Å². The third-order valence-electron chi connectivity index (χ3n) is 4.62. The molecule has 23 heavy (non-hydrogen) atoms. The lowest BCUT2D eigenvalue weighted by Gasteiger charge is -2.05. The van der Waals surface area contributed by atoms with Crippen molar-refractivity contribution < 1.29 is 0 Å². The second-order valence-corrected chi connectivity index (χ2v) is 6.98. The van der Waals surface area contributed by atoms with Crippen molar-refractivity contribution in [3.63, 3.8) is 0 Å². The van der Waals surface area contributed by atoms with Gasteiger partial charge in [0.15, 0.2) is 0 Å². The lowest BCUT2D eigenvalue weighted by molar-refractivity contribution is 0.530. The summed E-state index contributed by atoms with van der Waals surface area (Å²) in [5.41, 5.74) is 11.0. The summed E-state index contributed by atoms with van der Waals surface area (Å²) in [6.45, 7) is 4.15. The van der Waals surface area contributed by atoms with E-state index in [1.165, 1.54) is 116 Å². The average molecular weight is 328 g/mol. The number of nitrogens with two attached hydrogens (primary N) is 2. The summed E-state index contributed by atoms with van der Waals surface area (Å²) in [5.74, 6) is 0. The molecule has 0 unspecified atom stereocenters. The van der Waals surface area contributed by atoms with Crippen LogP contribution in [0.5, 0.6) is 0 Å². The Labute approximate surface area is 146 Å². The van der Waals surface area contributed by atoms with E-state index in [0.717, 1.165) is 13.1 Å². The smallest absolute Gasteiger partial charge is 0.00489 e. The Bertz CT molecular complexity index is 177. The van der Waals surface area contributed by atoms with Gasteiger partial charge in [0.25, 0.3) is 0 Å². The number of rotatable bonds is 20. The highest BCUT2D eigenvalue weighted by molar-refractivity contribution is 4.52. The van der Waals surface area contributed by atoms with Crippen molar-refractivity contribution in [1.82, 2.24) is 5.32 Å².